The van der Waals surface area contributed by atoms with Crippen LogP contribution < -0.4 is 0 Å². The predicted octanol–water partition coefficient (Wildman–Crippen LogP) is 1.99. The van der Waals surface area contributed by atoms with Crippen molar-refractivity contribution in [2.45, 2.75) is 19.4 Å². The largest absolute Gasteiger partial charge is 0.465 e. The van der Waals surface area contributed by atoms with Gasteiger partial charge in [0, 0.05) is 32.0 Å². The van der Waals surface area contributed by atoms with Gasteiger partial charge in [0.05, 0.1) is 9.35 Å². The number of carboxylic acid groups (broad SMARTS) is 1. The molecule has 1 aromatic heterocycles. The Morgan fingerprint density at radius 2 is 2.17 bits per heavy atom. The Morgan fingerprint density at radius 3 is 2.78 bits per heavy atom. The highest BCUT2D eigenvalue weighted by Gasteiger charge is 2.22. The van der Waals surface area contributed by atoms with Gasteiger partial charge in [-0.05, 0) is 36.5 Å². The van der Waals surface area contributed by atoms with Crippen LogP contribution in [-0.2, 0) is 11.3 Å². The molecule has 0 saturated carbocycles. The molecule has 0 radical (unpaired) electrons. The first-order chi connectivity index (χ1) is 9.49. The van der Waals surface area contributed by atoms with Crippen LogP contribution in [0.25, 0.3) is 0 Å². The van der Waals surface area contributed by atoms with Crippen LogP contribution in [0.1, 0.15) is 21.1 Å². The molecule has 1 N–H and O–H groups in total. The zero-order chi connectivity index (χ0) is 14.6. The van der Waals surface area contributed by atoms with Crippen LogP contribution in [0.2, 0.25) is 0 Å². The lowest BCUT2D eigenvalue weighted by Gasteiger charge is -2.29. The second-order valence-corrected chi connectivity index (χ2v) is 4.31. The van der Waals surface area contributed by atoms with Crippen molar-refractivity contribution < 1.29 is 17.4 Å². The Morgan fingerprint density at radius 1 is 1.50 bits per heavy atom. The zero-order valence-corrected chi connectivity index (χ0v) is 10.1. The van der Waals surface area contributed by atoms with E-state index < -0.39 is 12.7 Å². The van der Waals surface area contributed by atoms with Crippen LogP contribution in [0.4, 0.5) is 4.79 Å². The minimum Gasteiger partial charge on any atom is -0.465 e. The summed E-state index contributed by atoms with van der Waals surface area (Å²) in [6.07, 6.45) is 3.30. The summed E-state index contributed by atoms with van der Waals surface area (Å²) < 4.78 is 21.4. The smallest absolute Gasteiger partial charge is 0.407 e. The van der Waals surface area contributed by atoms with E-state index in [-0.39, 0.29) is 12.5 Å². The quantitative estimate of drug-likeness (QED) is 0.890. The van der Waals surface area contributed by atoms with E-state index in [9.17, 15) is 4.79 Å². The molecule has 0 spiro atoms. The van der Waals surface area contributed by atoms with E-state index in [4.69, 9.17) is 12.6 Å². The topological polar surface area (TPSA) is 62.7 Å². The first kappa shape index (κ1) is 10.3. The van der Waals surface area contributed by atoms with Crippen molar-refractivity contribution in [3.05, 3.63) is 30.1 Å². The molecule has 98 valence electrons. The summed E-state index contributed by atoms with van der Waals surface area (Å²) >= 11 is 0. The molecule has 1 amide bonds. The maximum Gasteiger partial charge on any atom is 0.407 e. The summed E-state index contributed by atoms with van der Waals surface area (Å²) in [6, 6.07) is 3.56. The fourth-order valence-corrected chi connectivity index (χ4v) is 1.91. The molecule has 5 heteroatoms. The van der Waals surface area contributed by atoms with Gasteiger partial charge >= 0.3 is 6.09 Å². The molecule has 0 aromatic carbocycles. The molecule has 1 fully saturated rings. The summed E-state index contributed by atoms with van der Waals surface area (Å²) in [7, 11) is 0. The van der Waals surface area contributed by atoms with E-state index in [1.807, 2.05) is 0 Å². The van der Waals surface area contributed by atoms with Crippen molar-refractivity contribution in [2.75, 3.05) is 19.6 Å². The van der Waals surface area contributed by atoms with E-state index in [0.29, 0.717) is 25.9 Å². The molecular formula is C13H18N2O3. The number of hydrogen-bond acceptors (Lipinski definition) is 3. The fourth-order valence-electron chi connectivity index (χ4n) is 1.91. The molecule has 1 aliphatic heterocycles. The third-order valence-corrected chi connectivity index (χ3v) is 3.00. The number of aromatic nitrogens is 1. The van der Waals surface area contributed by atoms with Crippen molar-refractivity contribution in [1.29, 1.82) is 0 Å². The first-order valence-corrected chi connectivity index (χ1v) is 6.00. The molecule has 1 aromatic rings. The summed E-state index contributed by atoms with van der Waals surface area (Å²) in [5, 5.41) is 8.87. The van der Waals surface area contributed by atoms with Crippen molar-refractivity contribution in [2.24, 2.45) is 5.92 Å². The average Bonchev–Trinajstić information content (AvgIpc) is 2.46. The van der Waals surface area contributed by atoms with Crippen LogP contribution in [0.15, 0.2) is 24.5 Å². The molecular weight excluding hydrogens is 232 g/mol. The number of pyridine rings is 1. The zero-order valence-electron chi connectivity index (χ0n) is 12.1. The van der Waals surface area contributed by atoms with Gasteiger partial charge in [-0.3, -0.25) is 4.98 Å². The second kappa shape index (κ2) is 6.35. The Hall–Kier alpha value is -1.62. The number of ether oxygens (including phenoxy) is 1. The summed E-state index contributed by atoms with van der Waals surface area (Å²) in [4.78, 5) is 16.0. The molecule has 0 unspecified atom stereocenters. The Labute approximate surface area is 109 Å². The predicted molar refractivity (Wildman–Crippen MR) is 66.2 cm³/mol. The number of piperidine rings is 1. The lowest BCUT2D eigenvalue weighted by Crippen LogP contribution is -2.38. The third-order valence-electron chi connectivity index (χ3n) is 3.00. The standard InChI is InChI=1S/C13H18N2O3/c16-13(17)15-7-3-12(4-8-15)10-18-9-11-1-5-14-6-2-11/h1-2,5-6,12H,3-4,7-10H2,(H,16,17)/i10D2. The van der Waals surface area contributed by atoms with Gasteiger partial charge in [-0.25, -0.2) is 4.79 Å². The Bertz CT molecular complexity index is 448. The highest BCUT2D eigenvalue weighted by Crippen LogP contribution is 2.17. The van der Waals surface area contributed by atoms with Gasteiger partial charge in [0.15, 0.2) is 0 Å². The normalized spacial score (nSPS) is 19.2. The second-order valence-electron chi connectivity index (χ2n) is 4.31. The van der Waals surface area contributed by atoms with E-state index in [0.717, 1.165) is 5.56 Å². The molecule has 2 rings (SSSR count). The van der Waals surface area contributed by atoms with Gasteiger partial charge < -0.3 is 14.7 Å². The highest BCUT2D eigenvalue weighted by molar-refractivity contribution is 5.64. The minimum atomic E-state index is -1.74. The van der Waals surface area contributed by atoms with E-state index in [1.54, 1.807) is 24.5 Å². The highest BCUT2D eigenvalue weighted by atomic mass is 16.5. The van der Waals surface area contributed by atoms with Crippen LogP contribution in [0, 0.1) is 5.92 Å². The van der Waals surface area contributed by atoms with Gasteiger partial charge in [0.2, 0.25) is 0 Å². The lowest BCUT2D eigenvalue weighted by molar-refractivity contribution is 0.0569. The third kappa shape index (κ3) is 3.70. The monoisotopic (exact) mass is 252 g/mol. The molecule has 5 nitrogen and oxygen atoms in total. The number of nitrogens with zero attached hydrogens (tertiary/aromatic N) is 2. The molecule has 0 bridgehead atoms. The number of amides is 1. The number of carbonyl (C=O) groups is 1. The summed E-state index contributed by atoms with van der Waals surface area (Å²) in [6.45, 7) is -0.835. The van der Waals surface area contributed by atoms with Crippen molar-refractivity contribution >= 4 is 6.09 Å². The molecule has 0 aliphatic carbocycles. The number of hydrogen-bond donors (Lipinski definition) is 1. The summed E-state index contributed by atoms with van der Waals surface area (Å²) in [5.41, 5.74) is 0.867. The minimum absolute atomic E-state index is 0.189. The van der Waals surface area contributed by atoms with Crippen LogP contribution in [0.5, 0.6) is 0 Å². The molecule has 2 heterocycles. The van der Waals surface area contributed by atoms with Crippen LogP contribution >= 0.6 is 0 Å². The lowest BCUT2D eigenvalue weighted by atomic mass is 9.98. The Kier molecular flexibility index (Phi) is 3.64. The Balaban J connectivity index is 1.86. The number of rotatable bonds is 4. The van der Waals surface area contributed by atoms with Gasteiger partial charge in [0.1, 0.15) is 0 Å². The van der Waals surface area contributed by atoms with E-state index >= 15 is 0 Å². The molecule has 0 atom stereocenters. The number of likely N-dealkylation sites (tertiary alicyclic amines) is 1. The van der Waals surface area contributed by atoms with Crippen LogP contribution in [-0.4, -0.2) is 40.7 Å². The van der Waals surface area contributed by atoms with Gasteiger partial charge in [0.25, 0.3) is 0 Å². The molecule has 18 heavy (non-hydrogen) atoms. The van der Waals surface area contributed by atoms with Gasteiger partial charge in [-0.1, -0.05) is 0 Å². The van der Waals surface area contributed by atoms with E-state index in [2.05, 4.69) is 4.98 Å². The van der Waals surface area contributed by atoms with Gasteiger partial charge in [-0.15, -0.1) is 0 Å². The first-order valence-electron chi connectivity index (χ1n) is 7.00. The fraction of sp³-hybridized carbons (Fsp3) is 0.538. The molecule has 1 aliphatic rings. The van der Waals surface area contributed by atoms with Crippen molar-refractivity contribution in [3.63, 3.8) is 0 Å². The SMILES string of the molecule is [2H]C([2H])(OCc1ccncc1)C1CCN(C(=O)O)CC1. The maximum atomic E-state index is 10.8. The van der Waals surface area contributed by atoms with Crippen LogP contribution in [0.3, 0.4) is 0 Å². The average molecular weight is 252 g/mol. The van der Waals surface area contributed by atoms with Crippen molar-refractivity contribution in [1.82, 2.24) is 9.88 Å². The summed E-state index contributed by atoms with van der Waals surface area (Å²) in [5.74, 6) is -0.278. The molecule has 1 saturated heterocycles. The van der Waals surface area contributed by atoms with Crippen molar-refractivity contribution in [3.8, 4) is 0 Å². The van der Waals surface area contributed by atoms with Gasteiger partial charge in [-0.2, -0.15) is 0 Å². The van der Waals surface area contributed by atoms with E-state index in [1.165, 1.54) is 4.90 Å². The maximum absolute atomic E-state index is 10.8.